The topological polar surface area (TPSA) is 50.7 Å². The molecule has 0 radical (unpaired) electrons. The molecule has 25 heavy (non-hydrogen) atoms. The maximum atomic E-state index is 11.9. The van der Waals surface area contributed by atoms with Gasteiger partial charge in [-0.3, -0.25) is 4.79 Å². The molecule has 0 saturated heterocycles. The average Bonchev–Trinajstić information content (AvgIpc) is 2.63. The number of halogens is 2. The van der Waals surface area contributed by atoms with E-state index in [4.69, 9.17) is 16.3 Å². The van der Waals surface area contributed by atoms with Gasteiger partial charge in [0.15, 0.2) is 6.61 Å². The van der Waals surface area contributed by atoms with Crippen molar-refractivity contribution in [2.75, 3.05) is 6.61 Å². The third-order valence-corrected chi connectivity index (χ3v) is 4.65. The molecule has 0 bridgehead atoms. The second-order valence-electron chi connectivity index (χ2n) is 5.20. The Bertz CT molecular complexity index is 944. The van der Waals surface area contributed by atoms with Crippen LogP contribution in [0.25, 0.3) is 10.8 Å². The Morgan fingerprint density at radius 2 is 1.88 bits per heavy atom. The van der Waals surface area contributed by atoms with E-state index in [0.29, 0.717) is 10.8 Å². The number of hydrogen-bond donors (Lipinski definition) is 1. The monoisotopic (exact) mass is 416 g/mol. The molecule has 3 rings (SSSR count). The molecule has 0 heterocycles. The fourth-order valence-corrected chi connectivity index (χ4v) is 3.05. The predicted molar refractivity (Wildman–Crippen MR) is 104 cm³/mol. The van der Waals surface area contributed by atoms with Crippen molar-refractivity contribution in [1.29, 1.82) is 0 Å². The Hall–Kier alpha value is -2.37. The van der Waals surface area contributed by atoms with Crippen LogP contribution in [0.3, 0.4) is 0 Å². The van der Waals surface area contributed by atoms with E-state index in [-0.39, 0.29) is 12.5 Å². The Kier molecular flexibility index (Phi) is 5.68. The third kappa shape index (κ3) is 4.38. The van der Waals surface area contributed by atoms with E-state index in [1.807, 2.05) is 48.5 Å². The van der Waals surface area contributed by atoms with Crippen LogP contribution in [-0.2, 0) is 4.79 Å². The average molecular weight is 418 g/mol. The quantitative estimate of drug-likeness (QED) is 0.479. The summed E-state index contributed by atoms with van der Waals surface area (Å²) in [6.07, 6.45) is 1.49. The number of ether oxygens (including phenoxy) is 1. The number of carbonyl (C=O) groups is 1. The van der Waals surface area contributed by atoms with Gasteiger partial charge in [0.1, 0.15) is 5.75 Å². The van der Waals surface area contributed by atoms with Crippen molar-refractivity contribution in [3.63, 3.8) is 0 Å². The molecule has 0 atom stereocenters. The maximum absolute atomic E-state index is 11.9. The van der Waals surface area contributed by atoms with E-state index in [0.717, 1.165) is 20.8 Å². The fraction of sp³-hybridized carbons (Fsp3) is 0.0526. The van der Waals surface area contributed by atoms with E-state index in [9.17, 15) is 4.79 Å². The summed E-state index contributed by atoms with van der Waals surface area (Å²) in [5.74, 6) is 0.243. The predicted octanol–water partition coefficient (Wildman–Crippen LogP) is 4.78. The molecule has 4 nitrogen and oxygen atoms in total. The zero-order chi connectivity index (χ0) is 17.6. The summed E-state index contributed by atoms with van der Waals surface area (Å²) in [6, 6.07) is 18.9. The van der Waals surface area contributed by atoms with Gasteiger partial charge in [-0.2, -0.15) is 5.10 Å². The Balaban J connectivity index is 1.59. The smallest absolute Gasteiger partial charge is 0.277 e. The number of amides is 1. The van der Waals surface area contributed by atoms with Crippen LogP contribution in [0, 0.1) is 0 Å². The van der Waals surface area contributed by atoms with Gasteiger partial charge in [-0.05, 0) is 38.8 Å². The van der Waals surface area contributed by atoms with Crippen LogP contribution >= 0.6 is 27.5 Å². The summed E-state index contributed by atoms with van der Waals surface area (Å²) in [5.41, 5.74) is 3.14. The molecule has 1 N–H and O–H groups in total. The van der Waals surface area contributed by atoms with Gasteiger partial charge in [0.05, 0.1) is 10.7 Å². The van der Waals surface area contributed by atoms with Crippen LogP contribution in [0.5, 0.6) is 5.75 Å². The lowest BCUT2D eigenvalue weighted by Crippen LogP contribution is -2.24. The molecule has 1 amide bonds. The highest BCUT2D eigenvalue weighted by atomic mass is 79.9. The van der Waals surface area contributed by atoms with Crippen LogP contribution < -0.4 is 10.2 Å². The Morgan fingerprint density at radius 1 is 1.12 bits per heavy atom. The van der Waals surface area contributed by atoms with Crippen molar-refractivity contribution < 1.29 is 9.53 Å². The summed E-state index contributed by atoms with van der Waals surface area (Å²) < 4.78 is 6.39. The highest BCUT2D eigenvalue weighted by molar-refractivity contribution is 9.10. The SMILES string of the molecule is O=C(COc1ccc2ccccc2c1Br)N/N=C/c1ccccc1Cl. The van der Waals surface area contributed by atoms with Gasteiger partial charge >= 0.3 is 0 Å². The van der Waals surface area contributed by atoms with Crippen LogP contribution in [0.4, 0.5) is 0 Å². The molecular weight excluding hydrogens is 404 g/mol. The van der Waals surface area contributed by atoms with Crippen molar-refractivity contribution >= 4 is 50.4 Å². The first kappa shape index (κ1) is 17.5. The number of carbonyl (C=O) groups excluding carboxylic acids is 1. The molecule has 3 aromatic carbocycles. The Labute approximate surface area is 158 Å². The molecular formula is C19H14BrClN2O2. The lowest BCUT2D eigenvalue weighted by atomic mass is 10.1. The molecule has 0 saturated carbocycles. The number of rotatable bonds is 5. The second-order valence-corrected chi connectivity index (χ2v) is 6.40. The van der Waals surface area contributed by atoms with E-state index in [1.54, 1.807) is 12.1 Å². The summed E-state index contributed by atoms with van der Waals surface area (Å²) >= 11 is 9.53. The molecule has 0 aromatic heterocycles. The number of nitrogens with zero attached hydrogens (tertiary/aromatic N) is 1. The molecule has 0 spiro atoms. The number of nitrogens with one attached hydrogen (secondary N) is 1. The normalized spacial score (nSPS) is 11.0. The van der Waals surface area contributed by atoms with Crippen molar-refractivity contribution in [2.45, 2.75) is 0 Å². The summed E-state index contributed by atoms with van der Waals surface area (Å²) in [6.45, 7) is -0.142. The molecule has 3 aromatic rings. The minimum atomic E-state index is -0.358. The third-order valence-electron chi connectivity index (χ3n) is 3.48. The van der Waals surface area contributed by atoms with Gasteiger partial charge in [0.2, 0.25) is 0 Å². The summed E-state index contributed by atoms with van der Waals surface area (Å²) in [5, 5.41) is 6.57. The van der Waals surface area contributed by atoms with Gasteiger partial charge in [-0.1, -0.05) is 60.1 Å². The van der Waals surface area contributed by atoms with Crippen LogP contribution in [0.2, 0.25) is 5.02 Å². The van der Waals surface area contributed by atoms with Crippen LogP contribution in [0.1, 0.15) is 5.56 Å². The largest absolute Gasteiger partial charge is 0.483 e. The van der Waals surface area contributed by atoms with Crippen molar-refractivity contribution in [3.8, 4) is 5.75 Å². The number of hydrogen-bond acceptors (Lipinski definition) is 3. The lowest BCUT2D eigenvalue weighted by Gasteiger charge is -2.09. The highest BCUT2D eigenvalue weighted by Gasteiger charge is 2.08. The standard InChI is InChI=1S/C19H14BrClN2O2/c20-19-15-7-3-1-5-13(15)9-10-17(19)25-12-18(24)23-22-11-14-6-2-4-8-16(14)21/h1-11H,12H2,(H,23,24)/b22-11+. The molecule has 0 fully saturated rings. The first-order valence-electron chi connectivity index (χ1n) is 7.51. The van der Waals surface area contributed by atoms with Crippen molar-refractivity contribution in [2.24, 2.45) is 5.10 Å². The lowest BCUT2D eigenvalue weighted by molar-refractivity contribution is -0.123. The molecule has 0 unspecified atom stereocenters. The zero-order valence-electron chi connectivity index (χ0n) is 13.1. The van der Waals surface area contributed by atoms with E-state index in [1.165, 1.54) is 6.21 Å². The molecule has 0 aliphatic carbocycles. The minimum absolute atomic E-state index is 0.142. The molecule has 6 heteroatoms. The maximum Gasteiger partial charge on any atom is 0.277 e. The highest BCUT2D eigenvalue weighted by Crippen LogP contribution is 2.32. The van der Waals surface area contributed by atoms with E-state index >= 15 is 0 Å². The number of benzene rings is 3. The van der Waals surface area contributed by atoms with Crippen molar-refractivity contribution in [1.82, 2.24) is 5.43 Å². The van der Waals surface area contributed by atoms with Gasteiger partial charge in [0.25, 0.3) is 5.91 Å². The second kappa shape index (κ2) is 8.14. The van der Waals surface area contributed by atoms with Crippen LogP contribution in [0.15, 0.2) is 70.2 Å². The first-order valence-corrected chi connectivity index (χ1v) is 8.69. The molecule has 0 aliphatic rings. The van der Waals surface area contributed by atoms with Crippen LogP contribution in [-0.4, -0.2) is 18.7 Å². The summed E-state index contributed by atoms with van der Waals surface area (Å²) in [7, 11) is 0. The van der Waals surface area contributed by atoms with E-state index in [2.05, 4.69) is 26.5 Å². The number of fused-ring (bicyclic) bond motifs is 1. The van der Waals surface area contributed by atoms with Gasteiger partial charge in [-0.15, -0.1) is 0 Å². The first-order chi connectivity index (χ1) is 12.1. The van der Waals surface area contributed by atoms with E-state index < -0.39 is 0 Å². The van der Waals surface area contributed by atoms with Gasteiger partial charge < -0.3 is 4.74 Å². The summed E-state index contributed by atoms with van der Waals surface area (Å²) in [4.78, 5) is 11.9. The zero-order valence-corrected chi connectivity index (χ0v) is 15.4. The van der Waals surface area contributed by atoms with Crippen molar-refractivity contribution in [3.05, 3.63) is 75.7 Å². The van der Waals surface area contributed by atoms with Gasteiger partial charge in [-0.25, -0.2) is 5.43 Å². The molecule has 126 valence electrons. The number of hydrazone groups is 1. The van der Waals surface area contributed by atoms with Gasteiger partial charge in [0, 0.05) is 10.6 Å². The molecule has 0 aliphatic heterocycles. The fourth-order valence-electron chi connectivity index (χ4n) is 2.25. The minimum Gasteiger partial charge on any atom is -0.483 e. The Morgan fingerprint density at radius 3 is 2.72 bits per heavy atom.